The van der Waals surface area contributed by atoms with Crippen LogP contribution in [0.25, 0.3) is 6.08 Å². The Morgan fingerprint density at radius 1 is 1.13 bits per heavy atom. The van der Waals surface area contributed by atoms with Crippen LogP contribution < -0.4 is 24.4 Å². The van der Waals surface area contributed by atoms with Gasteiger partial charge in [0.05, 0.1) is 34.6 Å². The summed E-state index contributed by atoms with van der Waals surface area (Å²) in [6, 6.07) is 13.3. The summed E-state index contributed by atoms with van der Waals surface area (Å²) in [6.45, 7) is 7.21. The lowest BCUT2D eigenvalue weighted by Crippen LogP contribution is -2.40. The molecule has 1 aromatic heterocycles. The molecule has 9 nitrogen and oxygen atoms in total. The van der Waals surface area contributed by atoms with Gasteiger partial charge in [-0.3, -0.25) is 9.36 Å². The van der Waals surface area contributed by atoms with Crippen molar-refractivity contribution < 1.29 is 28.9 Å². The van der Waals surface area contributed by atoms with E-state index in [1.807, 2.05) is 19.1 Å². The van der Waals surface area contributed by atoms with Gasteiger partial charge in [0.1, 0.15) is 11.5 Å². The SMILES string of the molecule is CCOc1ccc([C@H]2C(C(=O)OC(C)C)=C(C)N=c3s/c(=C/c4cccc(OCC(=O)O)c4)c(=O)n32)cc1. The highest BCUT2D eigenvalue weighted by molar-refractivity contribution is 7.07. The van der Waals surface area contributed by atoms with E-state index >= 15 is 0 Å². The van der Waals surface area contributed by atoms with Gasteiger partial charge in [-0.05, 0) is 69.2 Å². The number of aliphatic carboxylic acids is 1. The lowest BCUT2D eigenvalue weighted by atomic mass is 9.96. The van der Waals surface area contributed by atoms with Crippen LogP contribution in [0.15, 0.2) is 69.6 Å². The molecule has 4 rings (SSSR count). The van der Waals surface area contributed by atoms with E-state index in [-0.39, 0.29) is 11.7 Å². The molecule has 2 aromatic carbocycles. The van der Waals surface area contributed by atoms with Crippen LogP contribution >= 0.6 is 11.3 Å². The summed E-state index contributed by atoms with van der Waals surface area (Å²) >= 11 is 1.20. The van der Waals surface area contributed by atoms with Gasteiger partial charge in [-0.15, -0.1) is 0 Å². The Kier molecular flexibility index (Phi) is 8.11. The van der Waals surface area contributed by atoms with Crippen molar-refractivity contribution in [3.63, 3.8) is 0 Å². The first-order valence-corrected chi connectivity index (χ1v) is 12.9. The van der Waals surface area contributed by atoms with E-state index in [9.17, 15) is 14.4 Å². The number of aromatic nitrogens is 1. The lowest BCUT2D eigenvalue weighted by molar-refractivity contribution is -0.143. The van der Waals surface area contributed by atoms with Gasteiger partial charge in [0, 0.05) is 0 Å². The fourth-order valence-electron chi connectivity index (χ4n) is 4.08. The first-order valence-electron chi connectivity index (χ1n) is 12.1. The average Bonchev–Trinajstić information content (AvgIpc) is 3.16. The number of hydrogen-bond donors (Lipinski definition) is 1. The molecule has 198 valence electrons. The standard InChI is InChI=1S/C28H28N2O7S/c1-5-35-20-11-9-19(10-12-20)25-24(27(34)37-16(2)3)17(4)29-28-30(25)26(33)22(38-28)14-18-7-6-8-21(13-18)36-15-23(31)32/h6-14,16,25H,5,15H2,1-4H3,(H,31,32)/b22-14+/t25-/m0/s1. The van der Waals surface area contributed by atoms with Crippen LogP contribution in [0.4, 0.5) is 0 Å². The summed E-state index contributed by atoms with van der Waals surface area (Å²) in [7, 11) is 0. The normalized spacial score (nSPS) is 15.2. The Morgan fingerprint density at radius 3 is 2.53 bits per heavy atom. The van der Waals surface area contributed by atoms with E-state index in [1.54, 1.807) is 63.2 Å². The topological polar surface area (TPSA) is 116 Å². The number of benzene rings is 2. The molecule has 0 saturated heterocycles. The number of carboxylic acid groups (broad SMARTS) is 1. The van der Waals surface area contributed by atoms with E-state index in [4.69, 9.17) is 19.3 Å². The number of allylic oxidation sites excluding steroid dienone is 1. The summed E-state index contributed by atoms with van der Waals surface area (Å²) in [4.78, 5) is 42.8. The van der Waals surface area contributed by atoms with Crippen molar-refractivity contribution in [2.75, 3.05) is 13.2 Å². The number of thiazole rings is 1. The van der Waals surface area contributed by atoms with Gasteiger partial charge >= 0.3 is 11.9 Å². The van der Waals surface area contributed by atoms with Crippen molar-refractivity contribution in [1.29, 1.82) is 0 Å². The molecule has 0 aliphatic carbocycles. The van der Waals surface area contributed by atoms with E-state index in [0.717, 1.165) is 5.56 Å². The third kappa shape index (κ3) is 5.86. The minimum Gasteiger partial charge on any atom is -0.494 e. The van der Waals surface area contributed by atoms with Gasteiger partial charge in [-0.25, -0.2) is 14.6 Å². The third-order valence-electron chi connectivity index (χ3n) is 5.61. The molecular formula is C28H28N2O7S. The molecule has 1 aliphatic rings. The zero-order valence-corrected chi connectivity index (χ0v) is 22.3. The molecule has 1 aliphatic heterocycles. The molecule has 0 unspecified atom stereocenters. The van der Waals surface area contributed by atoms with Crippen molar-refractivity contribution >= 4 is 29.4 Å². The van der Waals surface area contributed by atoms with E-state index in [1.165, 1.54) is 15.9 Å². The van der Waals surface area contributed by atoms with Crippen molar-refractivity contribution in [2.45, 2.75) is 39.8 Å². The van der Waals surface area contributed by atoms with Crippen molar-refractivity contribution in [3.8, 4) is 11.5 Å². The number of nitrogens with zero attached hydrogens (tertiary/aromatic N) is 2. The Balaban J connectivity index is 1.84. The second kappa shape index (κ2) is 11.5. The van der Waals surface area contributed by atoms with Gasteiger partial charge in [0.15, 0.2) is 11.4 Å². The van der Waals surface area contributed by atoms with Crippen molar-refractivity contribution in [1.82, 2.24) is 4.57 Å². The van der Waals surface area contributed by atoms with E-state index < -0.39 is 24.6 Å². The maximum atomic E-state index is 13.7. The highest BCUT2D eigenvalue weighted by Gasteiger charge is 2.33. The van der Waals surface area contributed by atoms with Crippen LogP contribution in [0.1, 0.15) is 44.9 Å². The minimum absolute atomic E-state index is 0.297. The van der Waals surface area contributed by atoms with Gasteiger partial charge in [-0.1, -0.05) is 35.6 Å². The van der Waals surface area contributed by atoms with Gasteiger partial charge in [0.25, 0.3) is 5.56 Å². The van der Waals surface area contributed by atoms with Crippen LogP contribution in [0.5, 0.6) is 11.5 Å². The monoisotopic (exact) mass is 536 g/mol. The van der Waals surface area contributed by atoms with E-state index in [2.05, 4.69) is 4.99 Å². The largest absolute Gasteiger partial charge is 0.494 e. The number of carbonyl (C=O) groups excluding carboxylic acids is 1. The fraction of sp³-hybridized carbons (Fsp3) is 0.286. The predicted molar refractivity (Wildman–Crippen MR) is 142 cm³/mol. The van der Waals surface area contributed by atoms with Gasteiger partial charge < -0.3 is 19.3 Å². The zero-order chi connectivity index (χ0) is 27.4. The molecule has 2 heterocycles. The second-order valence-corrected chi connectivity index (χ2v) is 9.80. The maximum Gasteiger partial charge on any atom is 0.341 e. The number of fused-ring (bicyclic) bond motifs is 1. The highest BCUT2D eigenvalue weighted by atomic mass is 32.1. The first-order chi connectivity index (χ1) is 18.2. The Labute approximate surface area is 222 Å². The summed E-state index contributed by atoms with van der Waals surface area (Å²) in [5, 5.41) is 8.87. The molecular weight excluding hydrogens is 508 g/mol. The van der Waals surface area contributed by atoms with Gasteiger partial charge in [0.2, 0.25) is 0 Å². The summed E-state index contributed by atoms with van der Waals surface area (Å²) < 4.78 is 18.3. The van der Waals surface area contributed by atoms with Crippen LogP contribution in [0.3, 0.4) is 0 Å². The molecule has 0 saturated carbocycles. The summed E-state index contributed by atoms with van der Waals surface area (Å²) in [6.07, 6.45) is 1.35. The lowest BCUT2D eigenvalue weighted by Gasteiger charge is -2.25. The number of hydrogen-bond acceptors (Lipinski definition) is 8. The molecule has 0 amide bonds. The molecule has 10 heteroatoms. The molecule has 38 heavy (non-hydrogen) atoms. The van der Waals surface area contributed by atoms with Crippen LogP contribution in [-0.4, -0.2) is 40.9 Å². The molecule has 0 spiro atoms. The predicted octanol–water partition coefficient (Wildman–Crippen LogP) is 3.05. The number of carbonyl (C=O) groups is 2. The molecule has 0 fully saturated rings. The average molecular weight is 537 g/mol. The Hall–Kier alpha value is -4.18. The molecule has 0 bridgehead atoms. The first kappa shape index (κ1) is 26.9. The smallest absolute Gasteiger partial charge is 0.341 e. The highest BCUT2D eigenvalue weighted by Crippen LogP contribution is 2.32. The fourth-order valence-corrected chi connectivity index (χ4v) is 5.13. The molecule has 3 aromatic rings. The number of esters is 1. The van der Waals surface area contributed by atoms with Crippen LogP contribution in [0, 0.1) is 0 Å². The van der Waals surface area contributed by atoms with E-state index in [0.29, 0.717) is 44.3 Å². The zero-order valence-electron chi connectivity index (χ0n) is 21.5. The Bertz CT molecular complexity index is 1570. The number of carboxylic acids is 1. The second-order valence-electron chi connectivity index (χ2n) is 8.79. The third-order valence-corrected chi connectivity index (χ3v) is 6.59. The summed E-state index contributed by atoms with van der Waals surface area (Å²) in [5.41, 5.74) is 1.84. The van der Waals surface area contributed by atoms with Gasteiger partial charge in [-0.2, -0.15) is 0 Å². The number of rotatable bonds is 9. The Morgan fingerprint density at radius 2 is 1.87 bits per heavy atom. The quantitative estimate of drug-likeness (QED) is 0.418. The molecule has 1 N–H and O–H groups in total. The van der Waals surface area contributed by atoms with Crippen LogP contribution in [0.2, 0.25) is 0 Å². The molecule has 1 atom stereocenters. The maximum absolute atomic E-state index is 13.7. The molecule has 0 radical (unpaired) electrons. The van der Waals surface area contributed by atoms with Crippen molar-refractivity contribution in [3.05, 3.63) is 90.6 Å². The number of ether oxygens (including phenoxy) is 3. The minimum atomic E-state index is -1.08. The summed E-state index contributed by atoms with van der Waals surface area (Å²) in [5.74, 6) is -0.561. The van der Waals surface area contributed by atoms with Crippen molar-refractivity contribution in [2.24, 2.45) is 4.99 Å². The van der Waals surface area contributed by atoms with Crippen LogP contribution in [-0.2, 0) is 14.3 Å².